The van der Waals surface area contributed by atoms with E-state index in [9.17, 15) is 0 Å². The molecule has 0 radical (unpaired) electrons. The summed E-state index contributed by atoms with van der Waals surface area (Å²) in [5.74, 6) is 3.55. The molecule has 5 heteroatoms. The monoisotopic (exact) mass is 683 g/mol. The predicted octanol–water partition coefficient (Wildman–Crippen LogP) is 12.4. The Labute approximate surface area is 308 Å². The number of rotatable bonds is 5. The van der Waals surface area contributed by atoms with Crippen LogP contribution in [-0.4, -0.2) is 15.0 Å². The highest BCUT2D eigenvalue weighted by Gasteiger charge is 2.39. The van der Waals surface area contributed by atoms with Gasteiger partial charge < -0.3 is 9.47 Å². The second kappa shape index (κ2) is 12.1. The number of hydrogen-bond acceptors (Lipinski definition) is 5. The maximum atomic E-state index is 6.72. The van der Waals surface area contributed by atoms with Gasteiger partial charge >= 0.3 is 0 Å². The highest BCUT2D eigenvalue weighted by Crippen LogP contribution is 2.59. The maximum Gasteiger partial charge on any atom is 0.178 e. The van der Waals surface area contributed by atoms with Crippen molar-refractivity contribution in [1.29, 1.82) is 0 Å². The molecule has 1 aliphatic heterocycles. The molecule has 0 unspecified atom stereocenters. The van der Waals surface area contributed by atoms with Gasteiger partial charge in [-0.2, -0.15) is 0 Å². The highest BCUT2D eigenvalue weighted by atomic mass is 16.6. The molecule has 2 aromatic heterocycles. The summed E-state index contributed by atoms with van der Waals surface area (Å²) in [6.45, 7) is 4.54. The van der Waals surface area contributed by atoms with E-state index >= 15 is 0 Å². The van der Waals surface area contributed by atoms with Gasteiger partial charge in [-0.25, -0.2) is 9.97 Å². The Hall–Kier alpha value is -6.85. The van der Waals surface area contributed by atoms with Crippen molar-refractivity contribution >= 4 is 0 Å². The lowest BCUT2D eigenvalue weighted by Gasteiger charge is -2.26. The van der Waals surface area contributed by atoms with E-state index in [4.69, 9.17) is 19.4 Å². The zero-order chi connectivity index (χ0) is 35.5. The van der Waals surface area contributed by atoms with Crippen molar-refractivity contribution in [3.63, 3.8) is 0 Å². The topological polar surface area (TPSA) is 57.1 Å². The van der Waals surface area contributed by atoms with E-state index < -0.39 is 0 Å². The summed E-state index contributed by atoms with van der Waals surface area (Å²) < 4.78 is 13.4. The summed E-state index contributed by atoms with van der Waals surface area (Å²) in [5, 5.41) is 0. The maximum absolute atomic E-state index is 6.72. The second-order valence-electron chi connectivity index (χ2n) is 14.0. The van der Waals surface area contributed by atoms with Crippen LogP contribution in [0, 0.1) is 0 Å². The van der Waals surface area contributed by atoms with Crippen LogP contribution in [0.5, 0.6) is 23.0 Å². The van der Waals surface area contributed by atoms with E-state index in [2.05, 4.69) is 122 Å². The van der Waals surface area contributed by atoms with Crippen molar-refractivity contribution in [2.75, 3.05) is 0 Å². The SMILES string of the molecule is CC1(C)c2ccccc2-c2c1ccc1c2Oc2cccc(-c3ccc(-c4nc(-c5ccccc5)cc(-c5cccc(-c6ccccn6)c5)n4)cc3)c2O1. The Morgan fingerprint density at radius 2 is 1.08 bits per heavy atom. The molecule has 1 aliphatic carbocycles. The van der Waals surface area contributed by atoms with Crippen molar-refractivity contribution < 1.29 is 9.47 Å². The molecule has 0 amide bonds. The molecule has 0 N–H and O–H groups in total. The quantitative estimate of drug-likeness (QED) is 0.181. The molecule has 0 saturated heterocycles. The minimum atomic E-state index is -0.122. The van der Waals surface area contributed by atoms with Gasteiger partial charge in [0.2, 0.25) is 0 Å². The Kier molecular flexibility index (Phi) is 7.08. The Bertz CT molecular complexity index is 2690. The molecule has 0 bridgehead atoms. The van der Waals surface area contributed by atoms with Gasteiger partial charge in [0.25, 0.3) is 0 Å². The summed E-state index contributed by atoms with van der Waals surface area (Å²) >= 11 is 0. The third-order valence-electron chi connectivity index (χ3n) is 10.4. The standard InChI is InChI=1S/C48H33N3O2/c1-48(2)37-18-7-6-16-36(37)44-38(48)25-26-43-46(44)53-42-20-11-17-35(45(42)52-43)30-21-23-32(24-22-30)47-50-40(31-12-4-3-5-13-31)29-41(51-47)34-15-10-14-33(28-34)39-19-8-9-27-49-39/h3-29H,1-2H3. The second-order valence-corrected chi connectivity index (χ2v) is 14.0. The van der Waals surface area contributed by atoms with Crippen LogP contribution in [0.25, 0.3) is 67.4 Å². The van der Waals surface area contributed by atoms with Gasteiger partial charge in [0.1, 0.15) is 0 Å². The molecule has 53 heavy (non-hydrogen) atoms. The summed E-state index contributed by atoms with van der Waals surface area (Å²) in [4.78, 5) is 14.7. The van der Waals surface area contributed by atoms with Crippen molar-refractivity contribution in [3.8, 4) is 90.4 Å². The molecular weight excluding hydrogens is 651 g/mol. The molecule has 8 aromatic rings. The first-order chi connectivity index (χ1) is 26.0. The zero-order valence-electron chi connectivity index (χ0n) is 29.2. The molecule has 3 heterocycles. The van der Waals surface area contributed by atoms with Gasteiger partial charge in [-0.1, -0.05) is 135 Å². The fourth-order valence-corrected chi connectivity index (χ4v) is 7.72. The molecule has 10 rings (SSSR count). The van der Waals surface area contributed by atoms with Crippen LogP contribution >= 0.6 is 0 Å². The van der Waals surface area contributed by atoms with E-state index in [-0.39, 0.29) is 5.41 Å². The first kappa shape index (κ1) is 30.9. The summed E-state index contributed by atoms with van der Waals surface area (Å²) in [7, 11) is 0. The largest absolute Gasteiger partial charge is 0.449 e. The van der Waals surface area contributed by atoms with Crippen LogP contribution in [0.15, 0.2) is 164 Å². The van der Waals surface area contributed by atoms with Gasteiger partial charge in [-0.15, -0.1) is 0 Å². The number of benzene rings is 6. The third kappa shape index (κ3) is 5.20. The van der Waals surface area contributed by atoms with E-state index in [1.165, 1.54) is 16.7 Å². The van der Waals surface area contributed by atoms with Crippen LogP contribution in [0.2, 0.25) is 0 Å². The molecule has 0 saturated carbocycles. The lowest BCUT2D eigenvalue weighted by atomic mass is 9.82. The number of pyridine rings is 1. The number of nitrogens with zero attached hydrogens (tertiary/aromatic N) is 3. The normalized spacial score (nSPS) is 13.2. The lowest BCUT2D eigenvalue weighted by Crippen LogP contribution is -2.15. The fourth-order valence-electron chi connectivity index (χ4n) is 7.72. The van der Waals surface area contributed by atoms with Crippen LogP contribution in [-0.2, 0) is 5.41 Å². The van der Waals surface area contributed by atoms with Gasteiger partial charge in [0.15, 0.2) is 28.8 Å². The molecule has 0 spiro atoms. The summed E-state index contributed by atoms with van der Waals surface area (Å²) in [5.41, 5.74) is 13.3. The van der Waals surface area contributed by atoms with Crippen LogP contribution in [0.4, 0.5) is 0 Å². The highest BCUT2D eigenvalue weighted by molar-refractivity contribution is 5.89. The fraction of sp³-hybridized carbons (Fsp3) is 0.0625. The molecule has 0 fully saturated rings. The smallest absolute Gasteiger partial charge is 0.178 e. The first-order valence-electron chi connectivity index (χ1n) is 17.8. The summed E-state index contributed by atoms with van der Waals surface area (Å²) in [6, 6.07) is 53.9. The van der Waals surface area contributed by atoms with E-state index in [1.807, 2.05) is 60.8 Å². The molecule has 6 aromatic carbocycles. The average molecular weight is 684 g/mol. The molecular formula is C48H33N3O2. The van der Waals surface area contributed by atoms with Gasteiger partial charge in [-0.3, -0.25) is 4.98 Å². The lowest BCUT2D eigenvalue weighted by molar-refractivity contribution is 0.361. The molecule has 0 atom stereocenters. The summed E-state index contributed by atoms with van der Waals surface area (Å²) in [6.07, 6.45) is 1.82. The van der Waals surface area contributed by atoms with Gasteiger partial charge in [0, 0.05) is 45.0 Å². The first-order valence-corrected chi connectivity index (χ1v) is 17.8. The minimum Gasteiger partial charge on any atom is -0.449 e. The van der Waals surface area contributed by atoms with Crippen LogP contribution in [0.1, 0.15) is 25.0 Å². The Balaban J connectivity index is 1.01. The van der Waals surface area contributed by atoms with E-state index in [1.54, 1.807) is 0 Å². The number of hydrogen-bond donors (Lipinski definition) is 0. The predicted molar refractivity (Wildman–Crippen MR) is 211 cm³/mol. The van der Waals surface area contributed by atoms with E-state index in [0.717, 1.165) is 67.5 Å². The number of para-hydroxylation sites is 1. The Morgan fingerprint density at radius 1 is 0.434 bits per heavy atom. The zero-order valence-corrected chi connectivity index (χ0v) is 29.2. The molecule has 252 valence electrons. The van der Waals surface area contributed by atoms with Gasteiger partial charge in [0.05, 0.1) is 17.1 Å². The van der Waals surface area contributed by atoms with Crippen LogP contribution < -0.4 is 9.47 Å². The van der Waals surface area contributed by atoms with E-state index in [0.29, 0.717) is 17.3 Å². The Morgan fingerprint density at radius 3 is 1.89 bits per heavy atom. The van der Waals surface area contributed by atoms with Crippen molar-refractivity contribution in [2.24, 2.45) is 0 Å². The number of aromatic nitrogens is 3. The minimum absolute atomic E-state index is 0.122. The van der Waals surface area contributed by atoms with Crippen molar-refractivity contribution in [1.82, 2.24) is 15.0 Å². The average Bonchev–Trinajstić information content (AvgIpc) is 3.46. The number of ether oxygens (including phenoxy) is 2. The number of fused-ring (bicyclic) bond motifs is 6. The van der Waals surface area contributed by atoms with Gasteiger partial charge in [-0.05, 0) is 58.7 Å². The van der Waals surface area contributed by atoms with Crippen LogP contribution in [0.3, 0.4) is 0 Å². The van der Waals surface area contributed by atoms with Crippen molar-refractivity contribution in [3.05, 3.63) is 175 Å². The molecule has 5 nitrogen and oxygen atoms in total. The van der Waals surface area contributed by atoms with Crippen molar-refractivity contribution in [2.45, 2.75) is 19.3 Å². The molecule has 2 aliphatic rings. The third-order valence-corrected chi connectivity index (χ3v) is 10.4.